The molecule has 4 nitrogen and oxygen atoms in total. The maximum Gasteiger partial charge on any atom is 0.416 e. The van der Waals surface area contributed by atoms with Gasteiger partial charge in [0.25, 0.3) is 5.91 Å². The van der Waals surface area contributed by atoms with Crippen molar-refractivity contribution in [3.63, 3.8) is 0 Å². The zero-order valence-corrected chi connectivity index (χ0v) is 18.5. The molecule has 2 fully saturated rings. The minimum absolute atomic E-state index is 0.00928. The van der Waals surface area contributed by atoms with Crippen molar-refractivity contribution in [2.75, 3.05) is 25.4 Å². The van der Waals surface area contributed by atoms with Crippen LogP contribution >= 0.6 is 11.8 Å². The minimum Gasteiger partial charge on any atom is -0.338 e. The van der Waals surface area contributed by atoms with Gasteiger partial charge in [-0.1, -0.05) is 13.8 Å². The van der Waals surface area contributed by atoms with Crippen LogP contribution in [0.5, 0.6) is 0 Å². The van der Waals surface area contributed by atoms with E-state index < -0.39 is 39.8 Å². The van der Waals surface area contributed by atoms with Gasteiger partial charge in [-0.15, -0.1) is 11.8 Å². The predicted octanol–water partition coefficient (Wildman–Crippen LogP) is 5.28. The van der Waals surface area contributed by atoms with E-state index in [2.05, 4.69) is 0 Å². The Hall–Kier alpha value is -1.91. The molecule has 0 radical (unpaired) electrons. The predicted molar refractivity (Wildman–Crippen MR) is 108 cm³/mol. The van der Waals surface area contributed by atoms with Crippen LogP contribution in [0.1, 0.15) is 54.6 Å². The molecular weight excluding hydrogens is 458 g/mol. The summed E-state index contributed by atoms with van der Waals surface area (Å²) in [5.41, 5.74) is -3.67. The molecule has 2 amide bonds. The topological polar surface area (TPSA) is 40.6 Å². The van der Waals surface area contributed by atoms with Crippen molar-refractivity contribution in [2.45, 2.75) is 50.3 Å². The van der Waals surface area contributed by atoms with E-state index in [9.17, 15) is 35.9 Å². The van der Waals surface area contributed by atoms with Crippen LogP contribution in [-0.2, 0) is 17.1 Å². The average Bonchev–Trinajstić information content (AvgIpc) is 3.09. The van der Waals surface area contributed by atoms with Crippen LogP contribution in [0.15, 0.2) is 18.2 Å². The Bertz CT molecular complexity index is 844. The Morgan fingerprint density at radius 2 is 1.50 bits per heavy atom. The van der Waals surface area contributed by atoms with Gasteiger partial charge in [-0.05, 0) is 37.0 Å². The minimum atomic E-state index is -5.01. The summed E-state index contributed by atoms with van der Waals surface area (Å²) in [5, 5.41) is 0. The molecule has 0 unspecified atom stereocenters. The third-order valence-corrected chi connectivity index (χ3v) is 7.28. The van der Waals surface area contributed by atoms with Crippen molar-refractivity contribution in [1.82, 2.24) is 9.80 Å². The molecule has 2 saturated heterocycles. The first kappa shape index (κ1) is 24.7. The Morgan fingerprint density at radius 3 is 1.97 bits per heavy atom. The third-order valence-electron chi connectivity index (χ3n) is 5.73. The Morgan fingerprint density at radius 1 is 0.969 bits per heavy atom. The molecule has 1 aromatic rings. The van der Waals surface area contributed by atoms with E-state index in [1.54, 1.807) is 11.8 Å². The number of rotatable bonds is 3. The first-order valence-corrected chi connectivity index (χ1v) is 11.2. The standard InChI is InChI=1S/C21H24F6N2O2S/c1-13(2)9-17(30)29-7-8-32-19(29)3-5-28(6-4-19)18(31)14-10-15(20(22,23)24)12-16(11-14)21(25,26)27/h10-13H,3-9H2,1-2H3. The number of halogens is 6. The number of likely N-dealkylation sites (tertiary alicyclic amines) is 1. The summed E-state index contributed by atoms with van der Waals surface area (Å²) in [6, 6.07) is 0.935. The van der Waals surface area contributed by atoms with E-state index in [-0.39, 0.29) is 31.0 Å². The van der Waals surface area contributed by atoms with Crippen LogP contribution in [0.25, 0.3) is 0 Å². The number of carbonyl (C=O) groups excluding carboxylic acids is 2. The van der Waals surface area contributed by atoms with Gasteiger partial charge in [-0.3, -0.25) is 9.59 Å². The number of carbonyl (C=O) groups is 2. The van der Waals surface area contributed by atoms with Gasteiger partial charge >= 0.3 is 12.4 Å². The van der Waals surface area contributed by atoms with Gasteiger partial charge in [-0.2, -0.15) is 26.3 Å². The number of benzene rings is 1. The molecule has 0 N–H and O–H groups in total. The highest BCUT2D eigenvalue weighted by Gasteiger charge is 2.47. The van der Waals surface area contributed by atoms with Gasteiger partial charge in [0.05, 0.1) is 16.0 Å². The smallest absolute Gasteiger partial charge is 0.338 e. The number of piperidine rings is 1. The summed E-state index contributed by atoms with van der Waals surface area (Å²) in [5.74, 6) is 0.0907. The molecule has 0 aliphatic carbocycles. The molecule has 32 heavy (non-hydrogen) atoms. The third kappa shape index (κ3) is 5.18. The quantitative estimate of drug-likeness (QED) is 0.551. The van der Waals surface area contributed by atoms with E-state index in [4.69, 9.17) is 0 Å². The van der Waals surface area contributed by atoms with Crippen LogP contribution in [0.2, 0.25) is 0 Å². The lowest BCUT2D eigenvalue weighted by molar-refractivity contribution is -0.143. The van der Waals surface area contributed by atoms with Crippen molar-refractivity contribution in [1.29, 1.82) is 0 Å². The average molecular weight is 482 g/mol. The molecule has 11 heteroatoms. The van der Waals surface area contributed by atoms with Gasteiger partial charge < -0.3 is 9.80 Å². The van der Waals surface area contributed by atoms with Gasteiger partial charge in [0.15, 0.2) is 0 Å². The number of thioether (sulfide) groups is 1. The summed E-state index contributed by atoms with van der Waals surface area (Å²) < 4.78 is 78.7. The second-order valence-corrected chi connectivity index (χ2v) is 9.98. The molecule has 178 valence electrons. The molecular formula is C21H24F6N2O2S. The van der Waals surface area contributed by atoms with E-state index in [0.717, 1.165) is 5.75 Å². The Labute approximate surface area is 186 Å². The van der Waals surface area contributed by atoms with E-state index in [1.165, 1.54) is 4.90 Å². The zero-order valence-electron chi connectivity index (χ0n) is 17.6. The number of alkyl halides is 6. The fraction of sp³-hybridized carbons (Fsp3) is 0.619. The van der Waals surface area contributed by atoms with E-state index in [0.29, 0.717) is 37.9 Å². The second-order valence-electron chi connectivity index (χ2n) is 8.52. The fourth-order valence-electron chi connectivity index (χ4n) is 4.15. The molecule has 0 aromatic heterocycles. The first-order valence-electron chi connectivity index (χ1n) is 10.3. The van der Waals surface area contributed by atoms with Crippen molar-refractivity contribution in [2.24, 2.45) is 5.92 Å². The molecule has 3 rings (SSSR count). The van der Waals surface area contributed by atoms with Crippen LogP contribution < -0.4 is 0 Å². The maximum atomic E-state index is 13.1. The SMILES string of the molecule is CC(C)CC(=O)N1CCSC12CCN(C(=O)c1cc(C(F)(F)F)cc(C(F)(F)F)c1)CC2. The monoisotopic (exact) mass is 482 g/mol. The highest BCUT2D eigenvalue weighted by molar-refractivity contribution is 8.00. The van der Waals surface area contributed by atoms with Crippen LogP contribution in [0, 0.1) is 5.92 Å². The number of hydrogen-bond donors (Lipinski definition) is 0. The lowest BCUT2D eigenvalue weighted by Gasteiger charge is -2.44. The number of hydrogen-bond acceptors (Lipinski definition) is 3. The molecule has 0 saturated carbocycles. The molecule has 2 aliphatic heterocycles. The van der Waals surface area contributed by atoms with Crippen LogP contribution in [-0.4, -0.2) is 51.9 Å². The number of nitrogens with zero attached hydrogens (tertiary/aromatic N) is 2. The van der Waals surface area contributed by atoms with Crippen LogP contribution in [0.4, 0.5) is 26.3 Å². The fourth-order valence-corrected chi connectivity index (χ4v) is 5.63. The Kier molecular flexibility index (Phi) is 6.80. The summed E-state index contributed by atoms with van der Waals surface area (Å²) in [6.45, 7) is 4.77. The van der Waals surface area contributed by atoms with Crippen molar-refractivity contribution in [3.8, 4) is 0 Å². The normalized spacial score (nSPS) is 19.2. The molecule has 0 bridgehead atoms. The Balaban J connectivity index is 1.79. The summed E-state index contributed by atoms with van der Waals surface area (Å²) in [7, 11) is 0. The van der Waals surface area contributed by atoms with Crippen molar-refractivity contribution < 1.29 is 35.9 Å². The summed E-state index contributed by atoms with van der Waals surface area (Å²) in [6.07, 6.45) is -8.80. The highest BCUT2D eigenvalue weighted by atomic mass is 32.2. The summed E-state index contributed by atoms with van der Waals surface area (Å²) in [4.78, 5) is 28.1. The molecule has 1 spiro atoms. The molecule has 1 aromatic carbocycles. The molecule has 0 atom stereocenters. The lowest BCUT2D eigenvalue weighted by Crippen LogP contribution is -2.53. The zero-order chi connectivity index (χ0) is 23.9. The van der Waals surface area contributed by atoms with Crippen molar-refractivity contribution >= 4 is 23.6 Å². The lowest BCUT2D eigenvalue weighted by atomic mass is 9.98. The van der Waals surface area contributed by atoms with E-state index in [1.807, 2.05) is 18.7 Å². The van der Waals surface area contributed by atoms with Crippen molar-refractivity contribution in [3.05, 3.63) is 34.9 Å². The largest absolute Gasteiger partial charge is 0.416 e. The van der Waals surface area contributed by atoms with E-state index >= 15 is 0 Å². The first-order chi connectivity index (χ1) is 14.7. The number of amides is 2. The van der Waals surface area contributed by atoms with Gasteiger partial charge in [0.2, 0.25) is 5.91 Å². The van der Waals surface area contributed by atoms with Gasteiger partial charge in [-0.25, -0.2) is 0 Å². The van der Waals surface area contributed by atoms with Crippen LogP contribution in [0.3, 0.4) is 0 Å². The molecule has 2 aliphatic rings. The maximum absolute atomic E-state index is 13.1. The second kappa shape index (κ2) is 8.79. The van der Waals surface area contributed by atoms with Gasteiger partial charge in [0, 0.05) is 37.4 Å². The highest BCUT2D eigenvalue weighted by Crippen LogP contribution is 2.45. The summed E-state index contributed by atoms with van der Waals surface area (Å²) >= 11 is 1.62. The molecule has 2 heterocycles. The van der Waals surface area contributed by atoms with Gasteiger partial charge in [0.1, 0.15) is 0 Å².